The van der Waals surface area contributed by atoms with Gasteiger partial charge in [0.1, 0.15) is 10.5 Å². The molecule has 0 radical (unpaired) electrons. The fourth-order valence-corrected chi connectivity index (χ4v) is 4.57. The largest absolute Gasteiger partial charge is 0.378 e. The second kappa shape index (κ2) is 7.43. The molecule has 0 unspecified atom stereocenters. The van der Waals surface area contributed by atoms with Gasteiger partial charge in [-0.3, -0.25) is 4.31 Å². The molecule has 0 atom stereocenters. The number of fused-ring (bicyclic) bond motifs is 1. The van der Waals surface area contributed by atoms with E-state index in [1.54, 1.807) is 18.2 Å². The Balaban J connectivity index is 1.78. The summed E-state index contributed by atoms with van der Waals surface area (Å²) in [6, 6.07) is 7.23. The van der Waals surface area contributed by atoms with Crippen LogP contribution >= 0.6 is 22.9 Å². The molecule has 0 saturated carbocycles. The molecule has 11 heteroatoms. The van der Waals surface area contributed by atoms with E-state index in [4.69, 9.17) is 21.3 Å². The van der Waals surface area contributed by atoms with Crippen molar-refractivity contribution in [3.63, 3.8) is 0 Å². The summed E-state index contributed by atoms with van der Waals surface area (Å²) in [4.78, 5) is 16.2. The summed E-state index contributed by atoms with van der Waals surface area (Å²) in [5, 5.41) is 0.902. The predicted octanol–water partition coefficient (Wildman–Crippen LogP) is 2.64. The first-order valence-electron chi connectivity index (χ1n) is 8.54. The van der Waals surface area contributed by atoms with Gasteiger partial charge in [0.05, 0.1) is 25.2 Å². The number of rotatable bonds is 4. The van der Waals surface area contributed by atoms with E-state index >= 15 is 0 Å². The first-order chi connectivity index (χ1) is 13.3. The molecule has 2 aromatic heterocycles. The minimum Gasteiger partial charge on any atom is -0.378 e. The fourth-order valence-electron chi connectivity index (χ4n) is 2.93. The van der Waals surface area contributed by atoms with Crippen molar-refractivity contribution in [2.24, 2.45) is 0 Å². The molecule has 0 N–H and O–H groups in total. The Morgan fingerprint density at radius 1 is 1.21 bits per heavy atom. The zero-order valence-electron chi connectivity index (χ0n) is 15.3. The summed E-state index contributed by atoms with van der Waals surface area (Å²) in [6.45, 7) is 2.67. The lowest BCUT2D eigenvalue weighted by molar-refractivity contribution is 0.122. The van der Waals surface area contributed by atoms with Crippen molar-refractivity contribution in [3.05, 3.63) is 29.5 Å². The maximum atomic E-state index is 11.8. The highest BCUT2D eigenvalue weighted by molar-refractivity contribution is 7.92. The molecule has 1 fully saturated rings. The molecule has 3 heterocycles. The van der Waals surface area contributed by atoms with Crippen LogP contribution in [0.5, 0.6) is 0 Å². The third-order valence-corrected chi connectivity index (χ3v) is 6.85. The Morgan fingerprint density at radius 3 is 2.68 bits per heavy atom. The van der Waals surface area contributed by atoms with Crippen LogP contribution in [0.3, 0.4) is 0 Å². The van der Waals surface area contributed by atoms with Gasteiger partial charge in [0.25, 0.3) is 0 Å². The minimum absolute atomic E-state index is 0.176. The molecule has 1 aliphatic heterocycles. The normalized spacial score (nSPS) is 15.2. The van der Waals surface area contributed by atoms with Gasteiger partial charge in [-0.2, -0.15) is 4.98 Å². The van der Waals surface area contributed by atoms with Crippen LogP contribution in [0.4, 0.5) is 11.5 Å². The predicted molar refractivity (Wildman–Crippen MR) is 112 cm³/mol. The van der Waals surface area contributed by atoms with Crippen LogP contribution in [0, 0.1) is 0 Å². The van der Waals surface area contributed by atoms with E-state index in [0.29, 0.717) is 48.2 Å². The molecule has 3 aromatic rings. The topological polar surface area (TPSA) is 88.5 Å². The summed E-state index contributed by atoms with van der Waals surface area (Å²) >= 11 is 7.54. The van der Waals surface area contributed by atoms with E-state index < -0.39 is 10.0 Å². The van der Waals surface area contributed by atoms with Crippen LogP contribution in [-0.4, -0.2) is 63.0 Å². The third-order valence-electron chi connectivity index (χ3n) is 4.48. The highest BCUT2D eigenvalue weighted by Crippen LogP contribution is 2.35. The van der Waals surface area contributed by atoms with Gasteiger partial charge in [0, 0.05) is 25.7 Å². The molecular formula is C17H18ClN5O3S2. The van der Waals surface area contributed by atoms with Crippen LogP contribution in [-0.2, 0) is 14.8 Å². The number of hydrogen-bond donors (Lipinski definition) is 0. The fraction of sp³-hybridized carbons (Fsp3) is 0.353. The number of ether oxygens (including phenoxy) is 1. The first kappa shape index (κ1) is 19.3. The maximum Gasteiger partial charge on any atom is 0.231 e. The lowest BCUT2D eigenvalue weighted by Crippen LogP contribution is -2.37. The Kier molecular flexibility index (Phi) is 5.13. The van der Waals surface area contributed by atoms with E-state index in [0.717, 1.165) is 10.6 Å². The highest BCUT2D eigenvalue weighted by Gasteiger charge is 2.21. The third kappa shape index (κ3) is 3.77. The number of aromatic nitrogens is 3. The standard InChI is InChI=1S/C17H18ClN5O3S2/c1-22(28(2,24)25)12-5-3-4-11(10-12)15-19-13-14(23-6-8-26-9-7-23)20-17(18)21-16(13)27-15/h3-5,10H,6-9H2,1-2H3. The molecule has 1 aliphatic rings. The molecule has 0 bridgehead atoms. The van der Waals surface area contributed by atoms with Gasteiger partial charge in [0.15, 0.2) is 10.6 Å². The molecule has 4 rings (SSSR count). The smallest absolute Gasteiger partial charge is 0.231 e. The molecule has 0 aliphatic carbocycles. The van der Waals surface area contributed by atoms with E-state index in [9.17, 15) is 8.42 Å². The summed E-state index contributed by atoms with van der Waals surface area (Å²) in [5.74, 6) is 0.699. The van der Waals surface area contributed by atoms with Crippen LogP contribution in [0.15, 0.2) is 24.3 Å². The quantitative estimate of drug-likeness (QED) is 0.577. The van der Waals surface area contributed by atoms with E-state index in [1.165, 1.54) is 28.9 Å². The number of halogens is 1. The number of sulfonamides is 1. The van der Waals surface area contributed by atoms with E-state index in [-0.39, 0.29) is 5.28 Å². The second-order valence-corrected chi connectivity index (χ2v) is 9.70. The van der Waals surface area contributed by atoms with Crippen molar-refractivity contribution in [2.75, 3.05) is 48.8 Å². The minimum atomic E-state index is -3.35. The van der Waals surface area contributed by atoms with Crippen molar-refractivity contribution in [1.82, 2.24) is 15.0 Å². The first-order valence-corrected chi connectivity index (χ1v) is 11.6. The maximum absolute atomic E-state index is 11.8. The summed E-state index contributed by atoms with van der Waals surface area (Å²) < 4.78 is 30.3. The van der Waals surface area contributed by atoms with E-state index in [1.807, 2.05) is 6.07 Å². The van der Waals surface area contributed by atoms with Gasteiger partial charge >= 0.3 is 0 Å². The zero-order chi connectivity index (χ0) is 19.9. The van der Waals surface area contributed by atoms with Crippen molar-refractivity contribution in [1.29, 1.82) is 0 Å². The second-order valence-electron chi connectivity index (χ2n) is 6.37. The van der Waals surface area contributed by atoms with Crippen molar-refractivity contribution in [3.8, 4) is 10.6 Å². The average molecular weight is 440 g/mol. The van der Waals surface area contributed by atoms with Crippen molar-refractivity contribution < 1.29 is 13.2 Å². The van der Waals surface area contributed by atoms with Crippen LogP contribution in [0.2, 0.25) is 5.28 Å². The molecule has 1 saturated heterocycles. The van der Waals surface area contributed by atoms with Gasteiger partial charge < -0.3 is 9.64 Å². The Morgan fingerprint density at radius 2 is 1.96 bits per heavy atom. The number of thiazole rings is 1. The number of hydrogen-bond acceptors (Lipinski definition) is 8. The lowest BCUT2D eigenvalue weighted by atomic mass is 10.2. The van der Waals surface area contributed by atoms with Crippen molar-refractivity contribution in [2.45, 2.75) is 0 Å². The Labute approximate surface area is 171 Å². The number of benzene rings is 1. The lowest BCUT2D eigenvalue weighted by Gasteiger charge is -2.27. The number of morpholine rings is 1. The summed E-state index contributed by atoms with van der Waals surface area (Å²) in [5.41, 5.74) is 2.06. The van der Waals surface area contributed by atoms with Gasteiger partial charge in [-0.1, -0.05) is 23.5 Å². The number of nitrogens with zero attached hydrogens (tertiary/aromatic N) is 5. The molecular weight excluding hydrogens is 422 g/mol. The molecule has 8 nitrogen and oxygen atoms in total. The molecule has 148 valence electrons. The van der Waals surface area contributed by atoms with Crippen LogP contribution in [0.25, 0.3) is 20.9 Å². The monoisotopic (exact) mass is 439 g/mol. The van der Waals surface area contributed by atoms with Gasteiger partial charge in [0.2, 0.25) is 15.3 Å². The zero-order valence-corrected chi connectivity index (χ0v) is 17.7. The van der Waals surface area contributed by atoms with Gasteiger partial charge in [-0.05, 0) is 23.7 Å². The molecule has 1 aromatic carbocycles. The molecule has 0 spiro atoms. The van der Waals surface area contributed by atoms with Crippen molar-refractivity contribution >= 4 is 54.8 Å². The van der Waals surface area contributed by atoms with Crippen LogP contribution in [0.1, 0.15) is 0 Å². The van der Waals surface area contributed by atoms with Gasteiger partial charge in [-0.15, -0.1) is 0 Å². The summed E-state index contributed by atoms with van der Waals surface area (Å²) in [6.07, 6.45) is 1.17. The van der Waals surface area contributed by atoms with E-state index in [2.05, 4.69) is 14.9 Å². The number of anilines is 2. The highest BCUT2D eigenvalue weighted by atomic mass is 35.5. The average Bonchev–Trinajstić information content (AvgIpc) is 3.10. The Bertz CT molecular complexity index is 1130. The summed E-state index contributed by atoms with van der Waals surface area (Å²) in [7, 11) is -1.83. The SMILES string of the molecule is CN(c1cccc(-c2nc3c(N4CCOCC4)nc(Cl)nc3s2)c1)S(C)(=O)=O. The molecule has 28 heavy (non-hydrogen) atoms. The van der Waals surface area contributed by atoms with Crippen LogP contribution < -0.4 is 9.21 Å². The Hall–Kier alpha value is -2.01. The molecule has 0 amide bonds. The van der Waals surface area contributed by atoms with Gasteiger partial charge in [-0.25, -0.2) is 18.4 Å².